The van der Waals surface area contributed by atoms with Gasteiger partial charge in [-0.15, -0.1) is 0 Å². The van der Waals surface area contributed by atoms with Gasteiger partial charge in [0, 0.05) is 27.7 Å². The van der Waals surface area contributed by atoms with Crippen molar-refractivity contribution >= 4 is 11.7 Å². The molecule has 1 amide bonds. The van der Waals surface area contributed by atoms with Gasteiger partial charge in [-0.25, -0.2) is 0 Å². The largest absolute Gasteiger partial charge is 0.332 e. The van der Waals surface area contributed by atoms with Crippen molar-refractivity contribution < 1.29 is 9.59 Å². The van der Waals surface area contributed by atoms with Gasteiger partial charge in [0.15, 0.2) is 5.78 Å². The number of hydrogen-bond acceptors (Lipinski definition) is 4. The summed E-state index contributed by atoms with van der Waals surface area (Å²) in [6.07, 6.45) is 0.590. The summed E-state index contributed by atoms with van der Waals surface area (Å²) in [6, 6.07) is 4.10. The van der Waals surface area contributed by atoms with E-state index in [0.29, 0.717) is 13.0 Å². The summed E-state index contributed by atoms with van der Waals surface area (Å²) < 4.78 is 0. The lowest BCUT2D eigenvalue weighted by atomic mass is 9.82. The number of amides is 1. The molecule has 0 radical (unpaired) electrons. The topological polar surface area (TPSA) is 52.7 Å². The van der Waals surface area contributed by atoms with E-state index in [1.807, 2.05) is 58.9 Å². The smallest absolute Gasteiger partial charge is 0.238 e. The molecule has 5 nitrogen and oxygen atoms in total. The number of aryl methyl sites for hydroxylation is 3. The van der Waals surface area contributed by atoms with E-state index in [0.717, 1.165) is 22.3 Å². The molecule has 2 unspecified atom stereocenters. The molecule has 0 aromatic heterocycles. The minimum Gasteiger partial charge on any atom is -0.332 e. The van der Waals surface area contributed by atoms with Gasteiger partial charge in [0.2, 0.25) is 5.91 Å². The molecular formula is C19H29N3O2. The van der Waals surface area contributed by atoms with Gasteiger partial charge in [-0.3, -0.25) is 20.0 Å². The van der Waals surface area contributed by atoms with Crippen LogP contribution in [0.5, 0.6) is 0 Å². The lowest BCUT2D eigenvalue weighted by Crippen LogP contribution is -2.47. The molecule has 1 aliphatic heterocycles. The monoisotopic (exact) mass is 331 g/mol. The lowest BCUT2D eigenvalue weighted by Gasteiger charge is -2.31. The summed E-state index contributed by atoms with van der Waals surface area (Å²) in [6.45, 7) is 8.53. The minimum absolute atomic E-state index is 0.00519. The SMILES string of the molecule is Cc1cc(C)c(C2C(=O)N(C)C(C)(CCNN(C)C)C2=O)c(C)c1. The van der Waals surface area contributed by atoms with E-state index in [2.05, 4.69) is 5.43 Å². The van der Waals surface area contributed by atoms with Crippen LogP contribution in [0.1, 0.15) is 41.5 Å². The molecule has 24 heavy (non-hydrogen) atoms. The molecule has 5 heteroatoms. The van der Waals surface area contributed by atoms with Gasteiger partial charge in [-0.1, -0.05) is 17.7 Å². The maximum Gasteiger partial charge on any atom is 0.238 e. The van der Waals surface area contributed by atoms with Crippen molar-refractivity contribution in [1.29, 1.82) is 0 Å². The highest BCUT2D eigenvalue weighted by molar-refractivity contribution is 6.17. The quantitative estimate of drug-likeness (QED) is 0.662. The van der Waals surface area contributed by atoms with Crippen molar-refractivity contribution in [2.24, 2.45) is 0 Å². The van der Waals surface area contributed by atoms with Crippen LogP contribution in [0, 0.1) is 20.8 Å². The first-order chi connectivity index (χ1) is 11.1. The third-order valence-corrected chi connectivity index (χ3v) is 5.18. The molecule has 1 fully saturated rings. The zero-order valence-electron chi connectivity index (χ0n) is 15.9. The average Bonchev–Trinajstić information content (AvgIpc) is 2.62. The van der Waals surface area contributed by atoms with Crippen LogP contribution >= 0.6 is 0 Å². The van der Waals surface area contributed by atoms with Gasteiger partial charge in [0.25, 0.3) is 0 Å². The zero-order chi connectivity index (χ0) is 18.2. The van der Waals surface area contributed by atoms with Gasteiger partial charge < -0.3 is 4.90 Å². The molecule has 0 bridgehead atoms. The maximum atomic E-state index is 13.2. The van der Waals surface area contributed by atoms with Crippen LogP contribution in [0.3, 0.4) is 0 Å². The molecule has 1 aromatic rings. The molecule has 0 spiro atoms. The Kier molecular flexibility index (Phi) is 5.16. The van der Waals surface area contributed by atoms with Gasteiger partial charge in [-0.2, -0.15) is 0 Å². The Hall–Kier alpha value is -1.72. The fourth-order valence-corrected chi connectivity index (χ4v) is 3.74. The highest BCUT2D eigenvalue weighted by atomic mass is 16.2. The van der Waals surface area contributed by atoms with Crippen molar-refractivity contribution in [2.75, 3.05) is 27.7 Å². The molecule has 1 saturated heterocycles. The summed E-state index contributed by atoms with van der Waals surface area (Å²) in [5.74, 6) is -0.770. The molecule has 0 saturated carbocycles. The van der Waals surface area contributed by atoms with Gasteiger partial charge in [0.05, 0.1) is 0 Å². The maximum absolute atomic E-state index is 13.2. The molecule has 1 aromatic carbocycles. The van der Waals surface area contributed by atoms with Crippen LogP contribution in [-0.2, 0) is 9.59 Å². The number of nitrogens with zero attached hydrogens (tertiary/aromatic N) is 2. The van der Waals surface area contributed by atoms with E-state index in [4.69, 9.17) is 0 Å². The van der Waals surface area contributed by atoms with E-state index < -0.39 is 11.5 Å². The molecule has 1 N–H and O–H groups in total. The van der Waals surface area contributed by atoms with Crippen LogP contribution in [0.25, 0.3) is 0 Å². The summed E-state index contributed by atoms with van der Waals surface area (Å²) in [5, 5.41) is 1.86. The number of likely N-dealkylation sites (N-methyl/N-ethyl adjacent to an activating group) is 1. The molecule has 2 rings (SSSR count). The molecule has 1 heterocycles. The number of Topliss-reactive ketones (excluding diaryl/α,β-unsaturated/α-hetero) is 1. The first kappa shape index (κ1) is 18.6. The number of ketones is 1. The summed E-state index contributed by atoms with van der Waals surface area (Å²) in [7, 11) is 5.57. The first-order valence-electron chi connectivity index (χ1n) is 8.40. The second kappa shape index (κ2) is 6.65. The van der Waals surface area contributed by atoms with E-state index in [1.54, 1.807) is 11.9 Å². The fraction of sp³-hybridized carbons (Fsp3) is 0.579. The minimum atomic E-state index is -0.769. The fourth-order valence-electron chi connectivity index (χ4n) is 3.74. The number of hydrazine groups is 1. The van der Waals surface area contributed by atoms with Crippen LogP contribution in [0.4, 0.5) is 0 Å². The van der Waals surface area contributed by atoms with Gasteiger partial charge in [-0.05, 0) is 50.8 Å². The summed E-state index contributed by atoms with van der Waals surface area (Å²) in [4.78, 5) is 27.7. The second-order valence-electron chi connectivity index (χ2n) is 7.33. The van der Waals surface area contributed by atoms with E-state index in [9.17, 15) is 9.59 Å². The third kappa shape index (κ3) is 3.10. The Morgan fingerprint density at radius 3 is 2.21 bits per heavy atom. The van der Waals surface area contributed by atoms with Crippen molar-refractivity contribution in [3.63, 3.8) is 0 Å². The predicted molar refractivity (Wildman–Crippen MR) is 95.9 cm³/mol. The van der Waals surface area contributed by atoms with E-state index >= 15 is 0 Å². The third-order valence-electron chi connectivity index (χ3n) is 5.18. The van der Waals surface area contributed by atoms with Crippen LogP contribution in [0.2, 0.25) is 0 Å². The first-order valence-corrected chi connectivity index (χ1v) is 8.40. The molecule has 132 valence electrons. The molecule has 0 aliphatic carbocycles. The lowest BCUT2D eigenvalue weighted by molar-refractivity contribution is -0.130. The highest BCUT2D eigenvalue weighted by Gasteiger charge is 2.54. The van der Waals surface area contributed by atoms with Crippen molar-refractivity contribution in [1.82, 2.24) is 15.3 Å². The van der Waals surface area contributed by atoms with Gasteiger partial charge >= 0.3 is 0 Å². The van der Waals surface area contributed by atoms with Crippen LogP contribution in [0.15, 0.2) is 12.1 Å². The van der Waals surface area contributed by atoms with Crippen molar-refractivity contribution in [2.45, 2.75) is 45.6 Å². The Morgan fingerprint density at radius 2 is 1.71 bits per heavy atom. The normalized spacial score (nSPS) is 24.3. The standard InChI is InChI=1S/C19H29N3O2/c1-12-10-13(2)15(14(3)11-12)16-17(23)19(4,22(7)18(16)24)8-9-20-21(5)6/h10-11,16,20H,8-9H2,1-7H3. The number of benzene rings is 1. The van der Waals surface area contributed by atoms with Crippen molar-refractivity contribution in [3.8, 4) is 0 Å². The Balaban J connectivity index is 2.37. The number of likely N-dealkylation sites (tertiary alicyclic amines) is 1. The molecule has 1 aliphatic rings. The molecule has 2 atom stereocenters. The second-order valence-corrected chi connectivity index (χ2v) is 7.33. The van der Waals surface area contributed by atoms with Gasteiger partial charge in [0.1, 0.15) is 11.5 Å². The zero-order valence-corrected chi connectivity index (χ0v) is 15.9. The average molecular weight is 331 g/mol. The van der Waals surface area contributed by atoms with Crippen LogP contribution < -0.4 is 5.43 Å². The van der Waals surface area contributed by atoms with Crippen molar-refractivity contribution in [3.05, 3.63) is 34.4 Å². The van der Waals surface area contributed by atoms with Crippen LogP contribution in [-0.4, -0.2) is 54.8 Å². The Bertz CT molecular complexity index is 646. The molecular weight excluding hydrogens is 302 g/mol. The Labute approximate surface area is 145 Å². The summed E-state index contributed by atoms with van der Waals surface area (Å²) in [5.41, 5.74) is 6.48. The number of carbonyl (C=O) groups is 2. The number of nitrogens with one attached hydrogen (secondary N) is 1. The number of rotatable bonds is 5. The number of hydrogen-bond donors (Lipinski definition) is 1. The summed E-state index contributed by atoms with van der Waals surface area (Å²) >= 11 is 0. The Morgan fingerprint density at radius 1 is 1.17 bits per heavy atom. The highest BCUT2D eigenvalue weighted by Crippen LogP contribution is 2.40. The van der Waals surface area contributed by atoms with E-state index in [-0.39, 0.29) is 11.7 Å². The van der Waals surface area contributed by atoms with E-state index in [1.165, 1.54) is 0 Å². The predicted octanol–water partition coefficient (Wildman–Crippen LogP) is 1.95. The number of carbonyl (C=O) groups excluding carboxylic acids is 2.